The van der Waals surface area contributed by atoms with Gasteiger partial charge in [0.25, 0.3) is 5.56 Å². The van der Waals surface area contributed by atoms with Crippen LogP contribution < -0.4 is 5.56 Å². The van der Waals surface area contributed by atoms with E-state index in [2.05, 4.69) is 4.98 Å². The van der Waals surface area contributed by atoms with Crippen molar-refractivity contribution < 1.29 is 14.7 Å². The Morgan fingerprint density at radius 1 is 1.13 bits per heavy atom. The molecule has 0 radical (unpaired) electrons. The number of thiophene rings is 1. The zero-order valence-corrected chi connectivity index (χ0v) is 17.9. The van der Waals surface area contributed by atoms with Gasteiger partial charge in [0.2, 0.25) is 5.91 Å². The van der Waals surface area contributed by atoms with Crippen molar-refractivity contribution in [3.63, 3.8) is 0 Å². The molecule has 0 aliphatic heterocycles. The summed E-state index contributed by atoms with van der Waals surface area (Å²) in [6.07, 6.45) is 2.02. The van der Waals surface area contributed by atoms with Crippen LogP contribution in [0.15, 0.2) is 40.5 Å². The Morgan fingerprint density at radius 3 is 2.40 bits per heavy atom. The Balaban J connectivity index is 2.10. The Labute approximate surface area is 178 Å². The number of rotatable bonds is 9. The van der Waals surface area contributed by atoms with Crippen molar-refractivity contribution >= 4 is 33.4 Å². The summed E-state index contributed by atoms with van der Waals surface area (Å²) in [5.74, 6) is -0.880. The summed E-state index contributed by atoms with van der Waals surface area (Å²) < 4.78 is 1.34. The zero-order chi connectivity index (χ0) is 21.7. The minimum absolute atomic E-state index is 0.0645. The van der Waals surface area contributed by atoms with Crippen molar-refractivity contribution in [2.45, 2.75) is 39.7 Å². The van der Waals surface area contributed by atoms with E-state index in [1.807, 2.05) is 44.2 Å². The van der Waals surface area contributed by atoms with E-state index < -0.39 is 11.5 Å². The molecule has 8 heteroatoms. The first kappa shape index (κ1) is 21.7. The van der Waals surface area contributed by atoms with E-state index in [0.29, 0.717) is 30.2 Å². The number of aromatic nitrogens is 2. The predicted molar refractivity (Wildman–Crippen MR) is 117 cm³/mol. The fraction of sp³-hybridized carbons (Fsp3) is 0.364. The summed E-state index contributed by atoms with van der Waals surface area (Å²) >= 11 is 1.13. The molecule has 2 aromatic heterocycles. The molecule has 3 rings (SSSR count). The van der Waals surface area contributed by atoms with Gasteiger partial charge >= 0.3 is 5.97 Å². The molecule has 2 heterocycles. The van der Waals surface area contributed by atoms with Gasteiger partial charge in [0.1, 0.15) is 17.2 Å². The monoisotopic (exact) mass is 427 g/mol. The number of carboxylic acid groups (broad SMARTS) is 1. The molecule has 0 bridgehead atoms. The largest absolute Gasteiger partial charge is 0.478 e. The second kappa shape index (κ2) is 9.67. The number of aromatic carboxylic acids is 1. The maximum Gasteiger partial charge on any atom is 0.337 e. The Bertz CT molecular complexity index is 1100. The molecule has 30 heavy (non-hydrogen) atoms. The van der Waals surface area contributed by atoms with Crippen LogP contribution in [0.3, 0.4) is 0 Å². The molecule has 0 saturated carbocycles. The van der Waals surface area contributed by atoms with Gasteiger partial charge in [-0.1, -0.05) is 44.2 Å². The van der Waals surface area contributed by atoms with Gasteiger partial charge in [-0.05, 0) is 18.4 Å². The minimum Gasteiger partial charge on any atom is -0.478 e. The molecule has 0 fully saturated rings. The molecule has 1 aromatic carbocycles. The van der Waals surface area contributed by atoms with Crippen molar-refractivity contribution in [3.05, 3.63) is 63.0 Å². The van der Waals surface area contributed by atoms with E-state index in [4.69, 9.17) is 0 Å². The molecule has 0 spiro atoms. The van der Waals surface area contributed by atoms with Crippen LogP contribution in [0, 0.1) is 0 Å². The van der Waals surface area contributed by atoms with E-state index in [1.54, 1.807) is 4.90 Å². The normalized spacial score (nSPS) is 11.0. The summed E-state index contributed by atoms with van der Waals surface area (Å²) in [6, 6.07) is 9.57. The van der Waals surface area contributed by atoms with Crippen LogP contribution in [0.2, 0.25) is 0 Å². The summed E-state index contributed by atoms with van der Waals surface area (Å²) in [5, 5.41) is 11.0. The summed E-state index contributed by atoms with van der Waals surface area (Å²) in [4.78, 5) is 44.5. The standard InChI is InChI=1S/C22H25N3O4S/c1-3-10-24(11-4-2)18(26)13-25-17(12-15-8-6-5-7-9-15)23-20-19(21(25)27)16(14-30-20)22(28)29/h5-9,14H,3-4,10-13H2,1-2H3,(H,28,29). The molecule has 1 N–H and O–H groups in total. The first-order chi connectivity index (χ1) is 14.5. The molecule has 158 valence electrons. The van der Waals surface area contributed by atoms with Crippen LogP contribution >= 0.6 is 11.3 Å². The number of hydrogen-bond donors (Lipinski definition) is 1. The molecular weight excluding hydrogens is 402 g/mol. The lowest BCUT2D eigenvalue weighted by molar-refractivity contribution is -0.132. The van der Waals surface area contributed by atoms with Gasteiger partial charge in [-0.2, -0.15) is 0 Å². The molecule has 3 aromatic rings. The van der Waals surface area contributed by atoms with Gasteiger partial charge in [-0.15, -0.1) is 11.3 Å². The Morgan fingerprint density at radius 2 is 1.80 bits per heavy atom. The lowest BCUT2D eigenvalue weighted by Crippen LogP contribution is -2.39. The quantitative estimate of drug-likeness (QED) is 0.565. The first-order valence-electron chi connectivity index (χ1n) is 10.0. The molecule has 0 aliphatic rings. The lowest BCUT2D eigenvalue weighted by Gasteiger charge is -2.22. The van der Waals surface area contributed by atoms with E-state index in [9.17, 15) is 19.5 Å². The highest BCUT2D eigenvalue weighted by Gasteiger charge is 2.22. The highest BCUT2D eigenvalue weighted by atomic mass is 32.1. The second-order valence-electron chi connectivity index (χ2n) is 7.10. The molecule has 1 amide bonds. The lowest BCUT2D eigenvalue weighted by atomic mass is 10.1. The topological polar surface area (TPSA) is 92.5 Å². The molecule has 7 nitrogen and oxygen atoms in total. The van der Waals surface area contributed by atoms with E-state index in [-0.39, 0.29) is 23.4 Å². The number of carbonyl (C=O) groups is 2. The van der Waals surface area contributed by atoms with Gasteiger partial charge < -0.3 is 10.0 Å². The molecule has 0 aliphatic carbocycles. The summed E-state index contributed by atoms with van der Waals surface area (Å²) in [7, 11) is 0. The van der Waals surface area contributed by atoms with Crippen LogP contribution in [0.4, 0.5) is 0 Å². The van der Waals surface area contributed by atoms with Crippen LogP contribution in [-0.4, -0.2) is 44.5 Å². The Kier molecular flexibility index (Phi) is 6.99. The van der Waals surface area contributed by atoms with Crippen LogP contribution in [0.25, 0.3) is 10.2 Å². The fourth-order valence-corrected chi connectivity index (χ4v) is 4.36. The third kappa shape index (κ3) is 4.59. The zero-order valence-electron chi connectivity index (χ0n) is 17.1. The number of amides is 1. The average Bonchev–Trinajstić information content (AvgIpc) is 3.16. The highest BCUT2D eigenvalue weighted by molar-refractivity contribution is 7.17. The summed E-state index contributed by atoms with van der Waals surface area (Å²) in [6.45, 7) is 5.08. The maximum absolute atomic E-state index is 13.3. The van der Waals surface area contributed by atoms with Crippen LogP contribution in [0.5, 0.6) is 0 Å². The Hall–Kier alpha value is -3.00. The number of nitrogens with zero attached hydrogens (tertiary/aromatic N) is 3. The van der Waals surface area contributed by atoms with Crippen molar-refractivity contribution in [3.8, 4) is 0 Å². The van der Waals surface area contributed by atoms with E-state index in [0.717, 1.165) is 29.7 Å². The van der Waals surface area contributed by atoms with Crippen LogP contribution in [0.1, 0.15) is 48.4 Å². The molecular formula is C22H25N3O4S. The average molecular weight is 428 g/mol. The van der Waals surface area contributed by atoms with E-state index >= 15 is 0 Å². The van der Waals surface area contributed by atoms with Gasteiger partial charge in [-0.3, -0.25) is 14.2 Å². The van der Waals surface area contributed by atoms with E-state index in [1.165, 1.54) is 9.95 Å². The van der Waals surface area contributed by atoms with Gasteiger partial charge in [0.15, 0.2) is 0 Å². The van der Waals surface area contributed by atoms with Crippen LogP contribution in [-0.2, 0) is 17.8 Å². The number of carboxylic acids is 1. The number of fused-ring (bicyclic) bond motifs is 1. The SMILES string of the molecule is CCCN(CCC)C(=O)Cn1c(Cc2ccccc2)nc2scc(C(=O)O)c2c1=O. The van der Waals surface area contributed by atoms with Crippen molar-refractivity contribution in [2.24, 2.45) is 0 Å². The maximum atomic E-state index is 13.3. The third-order valence-corrected chi connectivity index (χ3v) is 5.71. The van der Waals surface area contributed by atoms with Crippen molar-refractivity contribution in [2.75, 3.05) is 13.1 Å². The predicted octanol–water partition coefficient (Wildman–Crippen LogP) is 3.40. The van der Waals surface area contributed by atoms with Crippen molar-refractivity contribution in [1.82, 2.24) is 14.5 Å². The van der Waals surface area contributed by atoms with Gasteiger partial charge in [-0.25, -0.2) is 9.78 Å². The number of benzene rings is 1. The fourth-order valence-electron chi connectivity index (χ4n) is 3.44. The second-order valence-corrected chi connectivity index (χ2v) is 7.96. The minimum atomic E-state index is -1.17. The summed E-state index contributed by atoms with van der Waals surface area (Å²) in [5.41, 5.74) is 0.406. The van der Waals surface area contributed by atoms with Crippen molar-refractivity contribution in [1.29, 1.82) is 0 Å². The number of hydrogen-bond acceptors (Lipinski definition) is 5. The molecule has 0 saturated heterocycles. The third-order valence-electron chi connectivity index (χ3n) is 4.84. The van der Waals surface area contributed by atoms with Gasteiger partial charge in [0, 0.05) is 24.9 Å². The smallest absolute Gasteiger partial charge is 0.337 e. The van der Waals surface area contributed by atoms with Gasteiger partial charge in [0.05, 0.1) is 10.9 Å². The number of carbonyl (C=O) groups excluding carboxylic acids is 1. The first-order valence-corrected chi connectivity index (χ1v) is 10.9. The molecule has 0 atom stereocenters. The molecule has 0 unspecified atom stereocenters. The highest BCUT2D eigenvalue weighted by Crippen LogP contribution is 2.22.